The van der Waals surface area contributed by atoms with Crippen LogP contribution in [0.1, 0.15) is 16.7 Å². The summed E-state index contributed by atoms with van der Waals surface area (Å²) < 4.78 is 45.7. The summed E-state index contributed by atoms with van der Waals surface area (Å²) in [7, 11) is 2.06. The second-order valence-electron chi connectivity index (χ2n) is 8.14. The summed E-state index contributed by atoms with van der Waals surface area (Å²) in [6, 6.07) is 7.41. The third-order valence-electron chi connectivity index (χ3n) is 5.32. The normalized spacial score (nSPS) is 14.9. The van der Waals surface area contributed by atoms with Crippen LogP contribution in [0.4, 0.5) is 24.9 Å². The van der Waals surface area contributed by atoms with E-state index in [0.717, 1.165) is 43.2 Å². The Morgan fingerprint density at radius 2 is 1.82 bits per heavy atom. The Bertz CT molecular complexity index is 1130. The number of hydrogen-bond acceptors (Lipinski definition) is 8. The van der Waals surface area contributed by atoms with E-state index in [1.54, 1.807) is 31.5 Å². The van der Waals surface area contributed by atoms with E-state index in [2.05, 4.69) is 31.8 Å². The van der Waals surface area contributed by atoms with Crippen molar-refractivity contribution >= 4 is 23.5 Å². The van der Waals surface area contributed by atoms with Gasteiger partial charge in [-0.1, -0.05) is 23.4 Å². The first-order valence-electron chi connectivity index (χ1n) is 10.7. The van der Waals surface area contributed by atoms with E-state index in [0.29, 0.717) is 33.7 Å². The maximum absolute atomic E-state index is 13.2. The smallest absolute Gasteiger partial charge is 0.416 e. The van der Waals surface area contributed by atoms with E-state index in [9.17, 15) is 13.2 Å². The Morgan fingerprint density at radius 1 is 1.06 bits per heavy atom. The third kappa shape index (κ3) is 6.09. The maximum atomic E-state index is 13.2. The van der Waals surface area contributed by atoms with Gasteiger partial charge in [0.15, 0.2) is 0 Å². The SMILES string of the molecule is Cc1cc(COc2nc(N3CCN(C)CC3)ncc2Sc2ccc(N)nc2)cc(C(F)(F)F)c1. The van der Waals surface area contributed by atoms with Crippen LogP contribution in [-0.4, -0.2) is 53.1 Å². The predicted octanol–water partition coefficient (Wildman–Crippen LogP) is 4.26. The number of anilines is 2. The second-order valence-corrected chi connectivity index (χ2v) is 9.26. The molecule has 1 fully saturated rings. The summed E-state index contributed by atoms with van der Waals surface area (Å²) in [5.74, 6) is 1.24. The van der Waals surface area contributed by atoms with Crippen molar-refractivity contribution in [2.45, 2.75) is 29.5 Å². The molecule has 0 unspecified atom stereocenters. The molecule has 1 aromatic carbocycles. The standard InChI is InChI=1S/C23H25F3N6OS/c1-15-9-16(11-17(10-15)23(24,25)26)14-33-21-19(34-18-3-4-20(27)28-12-18)13-29-22(30-21)32-7-5-31(2)6-8-32/h3-4,9-13H,5-8,14H2,1-2H3,(H2,27,28). The van der Waals surface area contributed by atoms with Gasteiger partial charge in [0.25, 0.3) is 0 Å². The van der Waals surface area contributed by atoms with Crippen LogP contribution < -0.4 is 15.4 Å². The van der Waals surface area contributed by atoms with Crippen LogP contribution in [0.5, 0.6) is 5.88 Å². The lowest BCUT2D eigenvalue weighted by molar-refractivity contribution is -0.137. The van der Waals surface area contributed by atoms with E-state index in [1.165, 1.54) is 11.8 Å². The molecule has 2 N–H and O–H groups in total. The highest BCUT2D eigenvalue weighted by Gasteiger charge is 2.31. The average molecular weight is 491 g/mol. The van der Waals surface area contributed by atoms with Gasteiger partial charge in [-0.2, -0.15) is 18.2 Å². The number of halogens is 3. The van der Waals surface area contributed by atoms with Crippen molar-refractivity contribution in [3.05, 3.63) is 59.4 Å². The number of likely N-dealkylation sites (N-methyl/N-ethyl adjacent to an activating group) is 1. The first-order valence-corrected chi connectivity index (χ1v) is 11.5. The number of nitrogens with two attached hydrogens (primary N) is 1. The number of alkyl halides is 3. The van der Waals surface area contributed by atoms with Crippen molar-refractivity contribution in [3.8, 4) is 5.88 Å². The maximum Gasteiger partial charge on any atom is 0.416 e. The molecule has 3 heterocycles. The van der Waals surface area contributed by atoms with Crippen LogP contribution in [0, 0.1) is 6.92 Å². The van der Waals surface area contributed by atoms with Crippen LogP contribution in [-0.2, 0) is 12.8 Å². The van der Waals surface area contributed by atoms with Gasteiger partial charge in [-0.05, 0) is 43.8 Å². The molecule has 180 valence electrons. The number of pyridine rings is 1. The topological polar surface area (TPSA) is 80.4 Å². The fourth-order valence-corrected chi connectivity index (χ4v) is 4.31. The average Bonchev–Trinajstić information content (AvgIpc) is 2.79. The largest absolute Gasteiger partial charge is 0.472 e. The minimum Gasteiger partial charge on any atom is -0.472 e. The molecule has 1 aliphatic heterocycles. The first-order chi connectivity index (χ1) is 16.2. The number of aryl methyl sites for hydroxylation is 1. The summed E-state index contributed by atoms with van der Waals surface area (Å²) in [4.78, 5) is 19.0. The number of nitrogen functional groups attached to an aromatic ring is 1. The van der Waals surface area contributed by atoms with Gasteiger partial charge in [0.2, 0.25) is 11.8 Å². The van der Waals surface area contributed by atoms with E-state index in [1.807, 2.05) is 6.07 Å². The molecule has 0 bridgehead atoms. The van der Waals surface area contributed by atoms with Crippen LogP contribution in [0.25, 0.3) is 0 Å². The van der Waals surface area contributed by atoms with Gasteiger partial charge in [-0.3, -0.25) is 0 Å². The molecule has 34 heavy (non-hydrogen) atoms. The van der Waals surface area contributed by atoms with Crippen molar-refractivity contribution < 1.29 is 17.9 Å². The van der Waals surface area contributed by atoms with Gasteiger partial charge in [0, 0.05) is 37.3 Å². The molecule has 2 aromatic heterocycles. The summed E-state index contributed by atoms with van der Waals surface area (Å²) in [5, 5.41) is 0. The molecule has 11 heteroatoms. The number of piperazine rings is 1. The molecular weight excluding hydrogens is 465 g/mol. The second kappa shape index (κ2) is 10.1. The minimum absolute atomic E-state index is 0.0580. The highest BCUT2D eigenvalue weighted by molar-refractivity contribution is 7.99. The molecule has 0 saturated carbocycles. The van der Waals surface area contributed by atoms with Gasteiger partial charge in [-0.15, -0.1) is 0 Å². The Labute approximate surface area is 200 Å². The Hall–Kier alpha value is -3.05. The fraction of sp³-hybridized carbons (Fsp3) is 0.348. The lowest BCUT2D eigenvalue weighted by atomic mass is 10.1. The van der Waals surface area contributed by atoms with Crippen molar-refractivity contribution in [1.29, 1.82) is 0 Å². The summed E-state index contributed by atoms with van der Waals surface area (Å²) in [5.41, 5.74) is 5.90. The van der Waals surface area contributed by atoms with E-state index >= 15 is 0 Å². The molecule has 0 atom stereocenters. The van der Waals surface area contributed by atoms with Gasteiger partial charge >= 0.3 is 6.18 Å². The number of benzene rings is 1. The molecule has 0 spiro atoms. The van der Waals surface area contributed by atoms with E-state index in [-0.39, 0.29) is 6.61 Å². The molecule has 0 aliphatic carbocycles. The van der Waals surface area contributed by atoms with E-state index < -0.39 is 11.7 Å². The van der Waals surface area contributed by atoms with Crippen molar-refractivity contribution in [1.82, 2.24) is 19.9 Å². The van der Waals surface area contributed by atoms with Crippen molar-refractivity contribution in [2.24, 2.45) is 0 Å². The molecule has 1 saturated heterocycles. The zero-order valence-electron chi connectivity index (χ0n) is 18.8. The van der Waals surface area contributed by atoms with Gasteiger partial charge in [-0.25, -0.2) is 9.97 Å². The van der Waals surface area contributed by atoms with Crippen LogP contribution >= 0.6 is 11.8 Å². The van der Waals surface area contributed by atoms with Gasteiger partial charge in [0.05, 0.1) is 16.7 Å². The Balaban J connectivity index is 1.60. The van der Waals surface area contributed by atoms with Gasteiger partial charge in [0.1, 0.15) is 12.4 Å². The molecule has 4 rings (SSSR count). The highest BCUT2D eigenvalue weighted by atomic mass is 32.2. The molecule has 0 radical (unpaired) electrons. The molecular formula is C23H25F3N6OS. The molecule has 0 amide bonds. The Kier molecular flexibility index (Phi) is 7.13. The van der Waals surface area contributed by atoms with Crippen LogP contribution in [0.3, 0.4) is 0 Å². The number of rotatable bonds is 6. The number of nitrogens with zero attached hydrogens (tertiary/aromatic N) is 5. The fourth-order valence-electron chi connectivity index (χ4n) is 3.52. The molecule has 3 aromatic rings. The van der Waals surface area contributed by atoms with Crippen molar-refractivity contribution in [2.75, 3.05) is 43.9 Å². The number of aromatic nitrogens is 3. The molecule has 7 nitrogen and oxygen atoms in total. The van der Waals surface area contributed by atoms with Crippen LogP contribution in [0.15, 0.2) is 52.5 Å². The van der Waals surface area contributed by atoms with Gasteiger partial charge < -0.3 is 20.3 Å². The van der Waals surface area contributed by atoms with E-state index in [4.69, 9.17) is 10.5 Å². The number of hydrogen-bond donors (Lipinski definition) is 1. The summed E-state index contributed by atoms with van der Waals surface area (Å²) in [6.45, 7) is 4.89. The zero-order chi connectivity index (χ0) is 24.3. The highest BCUT2D eigenvalue weighted by Crippen LogP contribution is 2.35. The molecule has 1 aliphatic rings. The zero-order valence-corrected chi connectivity index (χ0v) is 19.7. The lowest BCUT2D eigenvalue weighted by Gasteiger charge is -2.32. The Morgan fingerprint density at radius 3 is 2.50 bits per heavy atom. The minimum atomic E-state index is -4.42. The number of ether oxygens (including phenoxy) is 1. The summed E-state index contributed by atoms with van der Waals surface area (Å²) >= 11 is 1.35. The van der Waals surface area contributed by atoms with Crippen molar-refractivity contribution in [3.63, 3.8) is 0 Å². The third-order valence-corrected chi connectivity index (χ3v) is 6.30. The van der Waals surface area contributed by atoms with Crippen LogP contribution in [0.2, 0.25) is 0 Å². The summed E-state index contributed by atoms with van der Waals surface area (Å²) in [6.07, 6.45) is -1.11. The predicted molar refractivity (Wildman–Crippen MR) is 125 cm³/mol. The first kappa shape index (κ1) is 24.1. The quantitative estimate of drug-likeness (QED) is 0.549. The monoisotopic (exact) mass is 490 g/mol. The lowest BCUT2D eigenvalue weighted by Crippen LogP contribution is -2.45.